The number of aromatic nitrogens is 1. The van der Waals surface area contributed by atoms with Gasteiger partial charge in [-0.3, -0.25) is 19.3 Å². The molecule has 15 heteroatoms. The molecule has 0 amide bonds. The number of benzene rings is 2. The van der Waals surface area contributed by atoms with Gasteiger partial charge in [0.2, 0.25) is 11.6 Å². The van der Waals surface area contributed by atoms with Gasteiger partial charge in [0.25, 0.3) is 5.88 Å². The third-order valence-electron chi connectivity index (χ3n) is 12.5. The van der Waals surface area contributed by atoms with Crippen molar-refractivity contribution in [3.8, 4) is 17.4 Å². The summed E-state index contributed by atoms with van der Waals surface area (Å²) in [6.45, 7) is 19.4. The molecule has 0 radical (unpaired) electrons. The second kappa shape index (κ2) is 15.5. The smallest absolute Gasteiger partial charge is 0.507 e. The van der Waals surface area contributed by atoms with Gasteiger partial charge >= 0.3 is 6.16 Å². The van der Waals surface area contributed by atoms with Gasteiger partial charge in [0, 0.05) is 46.5 Å². The van der Waals surface area contributed by atoms with Gasteiger partial charge in [-0.15, -0.1) is 0 Å². The number of aliphatic hydroxyl groups excluding tert-OH is 1. The number of aliphatic hydroxyl groups is 1. The summed E-state index contributed by atoms with van der Waals surface area (Å²) in [7, 11) is -1.51. The van der Waals surface area contributed by atoms with Crippen LogP contribution in [-0.4, -0.2) is 98.7 Å². The molecular formula is C44H56N2O12Si. The summed E-state index contributed by atoms with van der Waals surface area (Å²) in [5.74, 6) is -2.58. The van der Waals surface area contributed by atoms with E-state index in [-0.39, 0.29) is 58.7 Å². The van der Waals surface area contributed by atoms with Gasteiger partial charge in [-0.2, -0.15) is 0 Å². The van der Waals surface area contributed by atoms with Crippen LogP contribution < -0.4 is 14.2 Å². The van der Waals surface area contributed by atoms with Gasteiger partial charge in [0.15, 0.2) is 25.4 Å². The lowest BCUT2D eigenvalue weighted by Gasteiger charge is -2.55. The van der Waals surface area contributed by atoms with Crippen LogP contribution in [0, 0.1) is 11.8 Å². The number of rotatable bonds is 10. The Morgan fingerprint density at radius 2 is 1.76 bits per heavy atom. The van der Waals surface area contributed by atoms with Crippen molar-refractivity contribution in [2.75, 3.05) is 40.0 Å². The summed E-state index contributed by atoms with van der Waals surface area (Å²) >= 11 is 0. The van der Waals surface area contributed by atoms with E-state index in [4.69, 9.17) is 32.6 Å². The van der Waals surface area contributed by atoms with Crippen LogP contribution in [0.4, 0.5) is 4.79 Å². The van der Waals surface area contributed by atoms with Gasteiger partial charge in [-0.1, -0.05) is 40.2 Å². The summed E-state index contributed by atoms with van der Waals surface area (Å²) in [6, 6.07) is 4.21. The molecule has 1 saturated carbocycles. The second-order valence-corrected chi connectivity index (χ2v) is 23.2. The van der Waals surface area contributed by atoms with Crippen LogP contribution in [0.2, 0.25) is 18.1 Å². The molecule has 1 N–H and O–H groups in total. The summed E-state index contributed by atoms with van der Waals surface area (Å²) in [5.41, 5.74) is -2.20. The minimum Gasteiger partial charge on any atom is -0.507 e. The van der Waals surface area contributed by atoms with Crippen molar-refractivity contribution in [2.24, 2.45) is 11.8 Å². The molecule has 3 aromatic rings. The summed E-state index contributed by atoms with van der Waals surface area (Å²) < 4.78 is 42.8. The molecule has 0 spiro atoms. The number of carbonyl (C=O) groups excluding carboxylic acids is 4. The van der Waals surface area contributed by atoms with Gasteiger partial charge in [0.1, 0.15) is 29.0 Å². The van der Waals surface area contributed by atoms with Crippen molar-refractivity contribution in [3.63, 3.8) is 0 Å². The van der Waals surface area contributed by atoms with E-state index in [9.17, 15) is 14.7 Å². The summed E-state index contributed by atoms with van der Waals surface area (Å²) in [4.78, 5) is 59.4. The first kappa shape index (κ1) is 42.5. The molecule has 1 aromatic heterocycles. The van der Waals surface area contributed by atoms with E-state index in [1.165, 1.54) is 13.2 Å². The van der Waals surface area contributed by atoms with Crippen molar-refractivity contribution >= 4 is 48.9 Å². The number of hydrogen-bond acceptors (Lipinski definition) is 14. The highest BCUT2D eigenvalue weighted by atomic mass is 28.4. The highest BCUT2D eigenvalue weighted by Gasteiger charge is 2.69. The minimum atomic E-state index is -3.01. The SMILES string of the molecule is CCCCOc1noc2c1C(=O)[C@@]1(O[Si](C)(C)C(C)(C)C)C(=O)C3=C(O)c4c(c(OC)c5ccc(C=O)cc5c4OC(=O)OC(C)(C)C)C[C@H]3C[C@H]1[C@@H]2N1CCOCC1. The van der Waals surface area contributed by atoms with Gasteiger partial charge in [0.05, 0.1) is 38.5 Å². The maximum Gasteiger partial charge on any atom is 0.514 e. The topological polar surface area (TPSA) is 173 Å². The first-order valence-corrected chi connectivity index (χ1v) is 23.4. The molecule has 0 bridgehead atoms. The predicted octanol–water partition coefficient (Wildman–Crippen LogP) is 8.20. The number of ketones is 2. The van der Waals surface area contributed by atoms with Crippen molar-refractivity contribution in [3.05, 3.63) is 51.8 Å². The van der Waals surface area contributed by atoms with E-state index in [0.717, 1.165) is 6.42 Å². The fourth-order valence-electron chi connectivity index (χ4n) is 8.82. The highest BCUT2D eigenvalue weighted by Crippen LogP contribution is 2.60. The molecule has 4 aliphatic rings. The number of aldehydes is 1. The van der Waals surface area contributed by atoms with Gasteiger partial charge in [-0.05, 0) is 81.4 Å². The predicted molar refractivity (Wildman–Crippen MR) is 220 cm³/mol. The molecule has 2 aromatic carbocycles. The van der Waals surface area contributed by atoms with Gasteiger partial charge < -0.3 is 37.7 Å². The first-order chi connectivity index (χ1) is 27.8. The molecule has 4 atom stereocenters. The number of ether oxygens (including phenoxy) is 5. The number of carbonyl (C=O) groups is 4. The number of methoxy groups -OCH3 is 1. The summed E-state index contributed by atoms with van der Waals surface area (Å²) in [5, 5.41) is 17.4. The molecule has 2 fully saturated rings. The number of unbranched alkanes of at least 4 members (excludes halogenated alkanes) is 1. The average Bonchev–Trinajstić information content (AvgIpc) is 3.58. The number of morpholine rings is 1. The number of nitrogens with zero attached hydrogens (tertiary/aromatic N) is 2. The van der Waals surface area contributed by atoms with E-state index in [2.05, 4.69) is 10.1 Å². The van der Waals surface area contributed by atoms with E-state index >= 15 is 9.59 Å². The Balaban J connectivity index is 1.51. The monoisotopic (exact) mass is 832 g/mol. The zero-order valence-corrected chi connectivity index (χ0v) is 36.7. The van der Waals surface area contributed by atoms with E-state index in [1.54, 1.807) is 32.9 Å². The normalized spacial score (nSPS) is 23.6. The molecule has 3 aliphatic carbocycles. The standard InChI is InChI=1S/C44H56N2O12Si/c1-11-12-17-54-40-32-37(57-45-40)33(46-15-18-53-19-16-46)29-22-25-21-28-31(34(48)30(25)38(49)44(29,39(32)50)58-59(9,10)43(5,6)7)36(55-41(51)56-42(2,3)4)27-20-24(23-47)13-14-26(27)35(28)52-8/h13-14,20,23,25,29,33,48H,11-12,15-19,21-22H2,1-10H3/t25-,29-,33-,44-/m0/s1. The van der Waals surface area contributed by atoms with Crippen LogP contribution in [0.25, 0.3) is 16.5 Å². The van der Waals surface area contributed by atoms with Gasteiger partial charge in [-0.25, -0.2) is 4.79 Å². The molecule has 1 saturated heterocycles. The molecule has 7 rings (SSSR count). The third-order valence-corrected chi connectivity index (χ3v) is 17.0. The van der Waals surface area contributed by atoms with Crippen LogP contribution in [0.5, 0.6) is 17.4 Å². The number of hydrogen-bond donors (Lipinski definition) is 1. The highest BCUT2D eigenvalue weighted by molar-refractivity contribution is 6.74. The fourth-order valence-corrected chi connectivity index (χ4v) is 10.3. The average molecular weight is 833 g/mol. The van der Waals surface area contributed by atoms with Crippen LogP contribution in [0.1, 0.15) is 111 Å². The molecular weight excluding hydrogens is 777 g/mol. The Labute approximate surface area is 345 Å². The Bertz CT molecular complexity index is 2220. The molecule has 318 valence electrons. The Morgan fingerprint density at radius 1 is 1.05 bits per heavy atom. The fraction of sp³-hybridized carbons (Fsp3) is 0.568. The zero-order chi connectivity index (χ0) is 42.8. The molecule has 59 heavy (non-hydrogen) atoms. The summed E-state index contributed by atoms with van der Waals surface area (Å²) in [6.07, 6.45) is 1.55. The Morgan fingerprint density at radius 3 is 2.39 bits per heavy atom. The lowest BCUT2D eigenvalue weighted by molar-refractivity contribution is -0.143. The zero-order valence-electron chi connectivity index (χ0n) is 35.7. The second-order valence-electron chi connectivity index (χ2n) is 18.5. The van der Waals surface area contributed by atoms with Crippen molar-refractivity contribution in [2.45, 2.75) is 110 Å². The van der Waals surface area contributed by atoms with Crippen LogP contribution in [-0.2, 0) is 25.1 Å². The van der Waals surface area contributed by atoms with Crippen LogP contribution >= 0.6 is 0 Å². The molecule has 0 unspecified atom stereocenters. The van der Waals surface area contributed by atoms with Crippen molar-refractivity contribution in [1.82, 2.24) is 10.1 Å². The Kier molecular flexibility index (Phi) is 11.2. The molecule has 14 nitrogen and oxygen atoms in total. The van der Waals surface area contributed by atoms with Crippen molar-refractivity contribution < 1.29 is 56.9 Å². The lowest BCUT2D eigenvalue weighted by atomic mass is 9.57. The van der Waals surface area contributed by atoms with E-state index < -0.39 is 65.9 Å². The van der Waals surface area contributed by atoms with Crippen LogP contribution in [0.15, 0.2) is 28.3 Å². The number of Topliss-reactive ketones (excluding diaryl/α,β-unsaturated/α-hetero) is 2. The van der Waals surface area contributed by atoms with E-state index in [0.29, 0.717) is 61.5 Å². The molecule has 1 aliphatic heterocycles. The quantitative estimate of drug-likeness (QED) is 0.0517. The first-order valence-electron chi connectivity index (χ1n) is 20.5. The van der Waals surface area contributed by atoms with E-state index in [1.807, 2.05) is 40.8 Å². The Hall–Kier alpha value is -4.57. The minimum absolute atomic E-state index is 0.00529. The van der Waals surface area contributed by atoms with Crippen molar-refractivity contribution in [1.29, 1.82) is 0 Å². The maximum absolute atomic E-state index is 16.0. The maximum atomic E-state index is 16.0. The largest absolute Gasteiger partial charge is 0.514 e. The lowest BCUT2D eigenvalue weighted by Crippen LogP contribution is -2.69. The third kappa shape index (κ3) is 7.17. The number of fused-ring (bicyclic) bond motifs is 5. The molecule has 2 heterocycles. The van der Waals surface area contributed by atoms with Crippen LogP contribution in [0.3, 0.4) is 0 Å².